The van der Waals surface area contributed by atoms with Gasteiger partial charge in [-0.05, 0) is 45.4 Å². The van der Waals surface area contributed by atoms with Crippen molar-refractivity contribution in [1.82, 2.24) is 4.90 Å². The van der Waals surface area contributed by atoms with Crippen LogP contribution in [0.3, 0.4) is 0 Å². The van der Waals surface area contributed by atoms with Crippen LogP contribution < -0.4 is 0 Å². The summed E-state index contributed by atoms with van der Waals surface area (Å²) in [5.74, 6) is 0.971. The molecule has 1 saturated heterocycles. The smallest absolute Gasteiger partial charge is 0.410 e. The Balaban J connectivity index is 1.75. The molecular formula is C13H23NO5S. The van der Waals surface area contributed by atoms with Crippen molar-refractivity contribution in [3.63, 3.8) is 0 Å². The third-order valence-electron chi connectivity index (χ3n) is 3.82. The highest BCUT2D eigenvalue weighted by Crippen LogP contribution is 2.52. The lowest BCUT2D eigenvalue weighted by atomic mass is 10.2. The Hall–Kier alpha value is -0.820. The predicted octanol–water partition coefficient (Wildman–Crippen LogP) is 1.47. The Morgan fingerprint density at radius 2 is 1.80 bits per heavy atom. The lowest BCUT2D eigenvalue weighted by Gasteiger charge is -2.25. The summed E-state index contributed by atoms with van der Waals surface area (Å²) in [4.78, 5) is 13.6. The molecule has 0 aromatic carbocycles. The van der Waals surface area contributed by atoms with E-state index in [-0.39, 0.29) is 24.4 Å². The predicted molar refractivity (Wildman–Crippen MR) is 73.7 cm³/mol. The van der Waals surface area contributed by atoms with Gasteiger partial charge in [-0.15, -0.1) is 0 Å². The molecule has 0 bridgehead atoms. The monoisotopic (exact) mass is 305 g/mol. The van der Waals surface area contributed by atoms with Gasteiger partial charge >= 0.3 is 6.09 Å². The van der Waals surface area contributed by atoms with Crippen molar-refractivity contribution in [2.75, 3.05) is 25.4 Å². The highest BCUT2D eigenvalue weighted by Gasteiger charge is 2.57. The number of hydrogen-bond donors (Lipinski definition) is 0. The first-order valence-corrected chi connectivity index (χ1v) is 8.55. The van der Waals surface area contributed by atoms with Crippen molar-refractivity contribution in [3.8, 4) is 0 Å². The van der Waals surface area contributed by atoms with E-state index in [0.29, 0.717) is 24.9 Å². The van der Waals surface area contributed by atoms with E-state index in [1.165, 1.54) is 0 Å². The summed E-state index contributed by atoms with van der Waals surface area (Å²) in [5, 5.41) is 0. The van der Waals surface area contributed by atoms with Crippen molar-refractivity contribution in [2.45, 2.75) is 33.3 Å². The number of carbonyl (C=O) groups is 1. The van der Waals surface area contributed by atoms with Gasteiger partial charge in [0.1, 0.15) is 5.60 Å². The van der Waals surface area contributed by atoms with Gasteiger partial charge in [0, 0.05) is 13.1 Å². The molecule has 1 aliphatic heterocycles. The van der Waals surface area contributed by atoms with Crippen LogP contribution in [-0.4, -0.2) is 50.5 Å². The average molecular weight is 305 g/mol. The number of rotatable bonds is 4. The van der Waals surface area contributed by atoms with Gasteiger partial charge < -0.3 is 9.64 Å². The molecule has 116 valence electrons. The van der Waals surface area contributed by atoms with E-state index in [1.54, 1.807) is 11.8 Å². The summed E-state index contributed by atoms with van der Waals surface area (Å²) in [6.07, 6.45) is -0.287. The molecule has 0 aromatic rings. The number of amides is 1. The number of fused-ring (bicyclic) bond motifs is 1. The molecule has 0 aromatic heterocycles. The van der Waals surface area contributed by atoms with Gasteiger partial charge in [-0.3, -0.25) is 4.18 Å². The maximum absolute atomic E-state index is 11.9. The number of carbonyl (C=O) groups excluding carboxylic acids is 1. The Labute approximate surface area is 120 Å². The van der Waals surface area contributed by atoms with Gasteiger partial charge in [-0.2, -0.15) is 8.42 Å². The number of likely N-dealkylation sites (tertiary alicyclic amines) is 1. The van der Waals surface area contributed by atoms with Gasteiger partial charge in [-0.25, -0.2) is 4.79 Å². The Morgan fingerprint density at radius 3 is 2.25 bits per heavy atom. The summed E-state index contributed by atoms with van der Waals surface area (Å²) in [7, 11) is -3.36. The molecule has 0 spiro atoms. The quantitative estimate of drug-likeness (QED) is 0.735. The molecule has 1 aliphatic carbocycles. The van der Waals surface area contributed by atoms with Crippen molar-refractivity contribution in [1.29, 1.82) is 0 Å². The third kappa shape index (κ3) is 3.63. The number of hydrogen-bond acceptors (Lipinski definition) is 5. The van der Waals surface area contributed by atoms with E-state index in [2.05, 4.69) is 0 Å². The van der Waals surface area contributed by atoms with E-state index >= 15 is 0 Å². The van der Waals surface area contributed by atoms with Crippen LogP contribution in [0.4, 0.5) is 4.79 Å². The SMILES string of the molecule is CCS(=O)(=O)OCC1[C@H]2CN(C(=O)OC(C)(C)C)C[C@@H]12. The van der Waals surface area contributed by atoms with Crippen LogP contribution in [0.1, 0.15) is 27.7 Å². The molecule has 0 N–H and O–H groups in total. The van der Waals surface area contributed by atoms with Crippen molar-refractivity contribution >= 4 is 16.2 Å². The molecule has 6 nitrogen and oxygen atoms in total. The van der Waals surface area contributed by atoms with E-state index in [0.717, 1.165) is 0 Å². The molecule has 7 heteroatoms. The zero-order chi connectivity index (χ0) is 15.1. The fourth-order valence-corrected chi connectivity index (χ4v) is 3.17. The summed E-state index contributed by atoms with van der Waals surface area (Å²) in [6, 6.07) is 0. The second-order valence-corrected chi connectivity index (χ2v) is 8.44. The molecule has 20 heavy (non-hydrogen) atoms. The second-order valence-electron chi connectivity index (χ2n) is 6.51. The summed E-state index contributed by atoms with van der Waals surface area (Å²) in [5.41, 5.74) is -0.485. The standard InChI is InChI=1S/C13H23NO5S/c1-5-20(16,17)18-8-11-9-6-14(7-10(9)11)12(15)19-13(2,3)4/h9-11H,5-8H2,1-4H3/t9-,10+,11?. The minimum Gasteiger partial charge on any atom is -0.444 e. The zero-order valence-corrected chi connectivity index (χ0v) is 13.3. The molecule has 2 fully saturated rings. The van der Waals surface area contributed by atoms with E-state index in [4.69, 9.17) is 8.92 Å². The molecule has 2 rings (SSSR count). The van der Waals surface area contributed by atoms with Gasteiger partial charge in [0.05, 0.1) is 12.4 Å². The van der Waals surface area contributed by atoms with Crippen LogP contribution in [0.25, 0.3) is 0 Å². The normalized spacial score (nSPS) is 29.2. The molecule has 2 aliphatic rings. The molecular weight excluding hydrogens is 282 g/mol. The van der Waals surface area contributed by atoms with Gasteiger partial charge in [0.2, 0.25) is 0 Å². The Morgan fingerprint density at radius 1 is 1.25 bits per heavy atom. The van der Waals surface area contributed by atoms with Crippen LogP contribution >= 0.6 is 0 Å². The second kappa shape index (κ2) is 5.18. The largest absolute Gasteiger partial charge is 0.444 e. The van der Waals surface area contributed by atoms with E-state index in [9.17, 15) is 13.2 Å². The van der Waals surface area contributed by atoms with Crippen molar-refractivity contribution in [2.24, 2.45) is 17.8 Å². The molecule has 1 saturated carbocycles. The number of ether oxygens (including phenoxy) is 1. The molecule has 1 unspecified atom stereocenters. The van der Waals surface area contributed by atoms with Gasteiger partial charge in [0.25, 0.3) is 10.1 Å². The maximum Gasteiger partial charge on any atom is 0.410 e. The first-order chi connectivity index (χ1) is 9.13. The lowest BCUT2D eigenvalue weighted by Crippen LogP contribution is -2.37. The Bertz CT molecular complexity index is 469. The first kappa shape index (κ1) is 15.6. The Kier molecular flexibility index (Phi) is 4.03. The summed E-state index contributed by atoms with van der Waals surface area (Å²) in [6.45, 7) is 8.61. The average Bonchev–Trinajstić information content (AvgIpc) is 2.77. The van der Waals surface area contributed by atoms with E-state index < -0.39 is 15.7 Å². The molecule has 3 atom stereocenters. The zero-order valence-electron chi connectivity index (χ0n) is 12.5. The van der Waals surface area contributed by atoms with Gasteiger partial charge in [-0.1, -0.05) is 0 Å². The van der Waals surface area contributed by atoms with E-state index in [1.807, 2.05) is 20.8 Å². The lowest BCUT2D eigenvalue weighted by molar-refractivity contribution is 0.0261. The van der Waals surface area contributed by atoms with Crippen molar-refractivity contribution < 1.29 is 22.1 Å². The third-order valence-corrected chi connectivity index (χ3v) is 5.02. The first-order valence-electron chi connectivity index (χ1n) is 6.98. The van der Waals surface area contributed by atoms with Crippen LogP contribution in [0.2, 0.25) is 0 Å². The van der Waals surface area contributed by atoms with Gasteiger partial charge in [0.15, 0.2) is 0 Å². The maximum atomic E-state index is 11.9. The van der Waals surface area contributed by atoms with Crippen molar-refractivity contribution in [3.05, 3.63) is 0 Å². The summed E-state index contributed by atoms with van der Waals surface area (Å²) < 4.78 is 32.8. The molecule has 1 amide bonds. The number of nitrogens with zero attached hydrogens (tertiary/aromatic N) is 1. The van der Waals surface area contributed by atoms with Crippen LogP contribution in [0.5, 0.6) is 0 Å². The van der Waals surface area contributed by atoms with Crippen LogP contribution in [0, 0.1) is 17.8 Å². The minimum absolute atomic E-state index is 0.000906. The number of piperidine rings is 1. The fraction of sp³-hybridized carbons (Fsp3) is 0.923. The topological polar surface area (TPSA) is 72.9 Å². The summed E-state index contributed by atoms with van der Waals surface area (Å²) >= 11 is 0. The fourth-order valence-electron chi connectivity index (χ4n) is 2.64. The molecule has 1 heterocycles. The minimum atomic E-state index is -3.36. The molecule has 0 radical (unpaired) electrons. The highest BCUT2D eigenvalue weighted by molar-refractivity contribution is 7.86. The van der Waals surface area contributed by atoms with Crippen LogP contribution in [0.15, 0.2) is 0 Å². The van der Waals surface area contributed by atoms with Crippen LogP contribution in [-0.2, 0) is 19.0 Å². The highest BCUT2D eigenvalue weighted by atomic mass is 32.2.